The lowest BCUT2D eigenvalue weighted by atomic mass is 10.2. The fourth-order valence-corrected chi connectivity index (χ4v) is 3.10. The maximum Gasteiger partial charge on any atom is 0.277 e. The molecule has 0 heterocycles. The van der Waals surface area contributed by atoms with Crippen LogP contribution in [0, 0.1) is 11.3 Å². The Hall–Kier alpha value is -2.57. The van der Waals surface area contributed by atoms with E-state index in [0.717, 1.165) is 8.95 Å². The minimum Gasteiger partial charge on any atom is -0.493 e. The number of hydrogen-bond acceptors (Lipinski definition) is 6. The third kappa shape index (κ3) is 6.58. The number of amides is 1. The standard InChI is InChI=1S/C18H15Br2N3O4/c1-25-17-8-12(2-4-16(17)26-7-6-21)10-22-23-18(24)11-27-15-5-3-13(19)9-14(15)20/h2-5,8-10H,7,11H2,1H3,(H,23,24)/b22-10+. The van der Waals surface area contributed by atoms with Crippen LogP contribution in [0.4, 0.5) is 0 Å². The second-order valence-electron chi connectivity index (χ2n) is 5.01. The van der Waals surface area contributed by atoms with Gasteiger partial charge < -0.3 is 14.2 Å². The van der Waals surface area contributed by atoms with E-state index in [1.807, 2.05) is 18.2 Å². The van der Waals surface area contributed by atoms with Gasteiger partial charge in [-0.1, -0.05) is 15.9 Å². The molecule has 0 aliphatic heterocycles. The average molecular weight is 497 g/mol. The van der Waals surface area contributed by atoms with Crippen molar-refractivity contribution >= 4 is 44.0 Å². The van der Waals surface area contributed by atoms with E-state index in [-0.39, 0.29) is 13.2 Å². The van der Waals surface area contributed by atoms with Crippen LogP contribution >= 0.6 is 31.9 Å². The van der Waals surface area contributed by atoms with Gasteiger partial charge in [0.1, 0.15) is 11.8 Å². The molecule has 0 fully saturated rings. The molecule has 0 radical (unpaired) electrons. The molecule has 0 saturated carbocycles. The van der Waals surface area contributed by atoms with E-state index in [2.05, 4.69) is 42.4 Å². The number of hydrogen-bond donors (Lipinski definition) is 1. The first-order chi connectivity index (χ1) is 13.0. The van der Waals surface area contributed by atoms with Crippen LogP contribution in [0.25, 0.3) is 0 Å². The first-order valence-corrected chi connectivity index (χ1v) is 9.19. The highest BCUT2D eigenvalue weighted by atomic mass is 79.9. The molecule has 0 aromatic heterocycles. The second kappa shape index (κ2) is 10.5. The molecule has 2 aromatic carbocycles. The monoisotopic (exact) mass is 495 g/mol. The Bertz CT molecular complexity index is 881. The van der Waals surface area contributed by atoms with Gasteiger partial charge >= 0.3 is 0 Å². The Labute approximate surface area is 173 Å². The summed E-state index contributed by atoms with van der Waals surface area (Å²) in [5.74, 6) is 1.06. The van der Waals surface area contributed by atoms with Crippen molar-refractivity contribution in [1.29, 1.82) is 5.26 Å². The van der Waals surface area contributed by atoms with Crippen molar-refractivity contribution in [3.05, 3.63) is 50.9 Å². The van der Waals surface area contributed by atoms with E-state index in [0.29, 0.717) is 22.8 Å². The zero-order valence-corrected chi connectivity index (χ0v) is 17.4. The summed E-state index contributed by atoms with van der Waals surface area (Å²) >= 11 is 6.70. The molecule has 0 unspecified atom stereocenters. The second-order valence-corrected chi connectivity index (χ2v) is 6.78. The van der Waals surface area contributed by atoms with Gasteiger partial charge in [-0.05, 0) is 57.9 Å². The van der Waals surface area contributed by atoms with Crippen molar-refractivity contribution in [2.45, 2.75) is 0 Å². The molecule has 0 spiro atoms. The third-order valence-electron chi connectivity index (χ3n) is 3.14. The topological polar surface area (TPSA) is 92.9 Å². The molecule has 7 nitrogen and oxygen atoms in total. The van der Waals surface area contributed by atoms with E-state index in [9.17, 15) is 4.79 Å². The van der Waals surface area contributed by atoms with Crippen LogP contribution in [0.3, 0.4) is 0 Å². The van der Waals surface area contributed by atoms with Crippen LogP contribution < -0.4 is 19.6 Å². The molecule has 27 heavy (non-hydrogen) atoms. The highest BCUT2D eigenvalue weighted by Gasteiger charge is 2.06. The van der Waals surface area contributed by atoms with Crippen molar-refractivity contribution < 1.29 is 19.0 Å². The van der Waals surface area contributed by atoms with Gasteiger partial charge in [0.25, 0.3) is 5.91 Å². The third-order valence-corrected chi connectivity index (χ3v) is 4.25. The molecule has 2 rings (SSSR count). The molecule has 0 aliphatic carbocycles. The van der Waals surface area contributed by atoms with E-state index >= 15 is 0 Å². The number of carbonyl (C=O) groups is 1. The molecule has 2 aromatic rings. The van der Waals surface area contributed by atoms with Crippen LogP contribution in [0.5, 0.6) is 17.2 Å². The zero-order valence-electron chi connectivity index (χ0n) is 14.2. The Morgan fingerprint density at radius 3 is 2.67 bits per heavy atom. The number of nitrogens with one attached hydrogen (secondary N) is 1. The van der Waals surface area contributed by atoms with Crippen molar-refractivity contribution in [1.82, 2.24) is 5.43 Å². The molecular formula is C18H15Br2N3O4. The van der Waals surface area contributed by atoms with Gasteiger partial charge in [-0.15, -0.1) is 0 Å². The van der Waals surface area contributed by atoms with Gasteiger partial charge in [-0.25, -0.2) is 5.43 Å². The van der Waals surface area contributed by atoms with E-state index < -0.39 is 5.91 Å². The van der Waals surface area contributed by atoms with Gasteiger partial charge in [-0.3, -0.25) is 4.79 Å². The Kier molecular flexibility index (Phi) is 8.10. The lowest BCUT2D eigenvalue weighted by Crippen LogP contribution is -2.24. The zero-order chi connectivity index (χ0) is 19.6. The minimum absolute atomic E-state index is 0.0751. The van der Waals surface area contributed by atoms with E-state index in [4.69, 9.17) is 19.5 Å². The largest absolute Gasteiger partial charge is 0.493 e. The molecular weight excluding hydrogens is 482 g/mol. The number of ether oxygens (including phenoxy) is 3. The number of hydrazone groups is 1. The highest BCUT2D eigenvalue weighted by Crippen LogP contribution is 2.28. The lowest BCUT2D eigenvalue weighted by molar-refractivity contribution is -0.123. The van der Waals surface area contributed by atoms with Crippen LogP contribution in [0.2, 0.25) is 0 Å². The molecule has 0 aliphatic rings. The summed E-state index contributed by atoms with van der Waals surface area (Å²) in [7, 11) is 1.49. The summed E-state index contributed by atoms with van der Waals surface area (Å²) in [6.07, 6.45) is 1.46. The number of benzene rings is 2. The molecule has 1 amide bonds. The quantitative estimate of drug-likeness (QED) is 0.444. The van der Waals surface area contributed by atoms with E-state index in [1.165, 1.54) is 13.3 Å². The number of rotatable bonds is 8. The Morgan fingerprint density at radius 1 is 1.19 bits per heavy atom. The Balaban J connectivity index is 1.88. The van der Waals surface area contributed by atoms with Gasteiger partial charge in [0, 0.05) is 4.47 Å². The Morgan fingerprint density at radius 2 is 1.96 bits per heavy atom. The molecule has 0 atom stereocenters. The van der Waals surface area contributed by atoms with Crippen LogP contribution in [0.1, 0.15) is 5.56 Å². The summed E-state index contributed by atoms with van der Waals surface area (Å²) in [6.45, 7) is -0.254. The molecule has 1 N–H and O–H groups in total. The summed E-state index contributed by atoms with van der Waals surface area (Å²) in [4.78, 5) is 11.8. The van der Waals surface area contributed by atoms with Crippen molar-refractivity contribution in [3.63, 3.8) is 0 Å². The number of nitrogens with zero attached hydrogens (tertiary/aromatic N) is 2. The fourth-order valence-electron chi connectivity index (χ4n) is 1.94. The fraction of sp³-hybridized carbons (Fsp3) is 0.167. The highest BCUT2D eigenvalue weighted by molar-refractivity contribution is 9.11. The van der Waals surface area contributed by atoms with Crippen LogP contribution in [-0.4, -0.2) is 32.4 Å². The van der Waals surface area contributed by atoms with E-state index in [1.54, 1.807) is 24.3 Å². The van der Waals surface area contributed by atoms with Crippen molar-refractivity contribution in [2.24, 2.45) is 5.10 Å². The van der Waals surface area contributed by atoms with Crippen molar-refractivity contribution in [3.8, 4) is 23.3 Å². The first-order valence-electron chi connectivity index (χ1n) is 7.61. The SMILES string of the molecule is COc1cc(/C=N/NC(=O)COc2ccc(Br)cc2Br)ccc1OCC#N. The van der Waals surface area contributed by atoms with Gasteiger partial charge in [0.15, 0.2) is 24.7 Å². The molecule has 9 heteroatoms. The normalized spacial score (nSPS) is 10.3. The van der Waals surface area contributed by atoms with Crippen LogP contribution in [0.15, 0.2) is 50.4 Å². The average Bonchev–Trinajstić information content (AvgIpc) is 2.66. The number of methoxy groups -OCH3 is 1. The summed E-state index contributed by atoms with van der Waals surface area (Å²) in [6, 6.07) is 12.3. The number of nitriles is 1. The summed E-state index contributed by atoms with van der Waals surface area (Å²) < 4.78 is 17.5. The van der Waals surface area contributed by atoms with Crippen LogP contribution in [-0.2, 0) is 4.79 Å². The summed E-state index contributed by atoms with van der Waals surface area (Å²) in [5, 5.41) is 12.5. The maximum absolute atomic E-state index is 11.8. The molecule has 140 valence electrons. The molecule has 0 bridgehead atoms. The molecule has 0 saturated heterocycles. The smallest absolute Gasteiger partial charge is 0.277 e. The predicted molar refractivity (Wildman–Crippen MR) is 107 cm³/mol. The van der Waals surface area contributed by atoms with Crippen molar-refractivity contribution in [2.75, 3.05) is 20.3 Å². The maximum atomic E-state index is 11.8. The predicted octanol–water partition coefficient (Wildman–Crippen LogP) is 3.65. The summed E-state index contributed by atoms with van der Waals surface area (Å²) in [5.41, 5.74) is 3.07. The lowest BCUT2D eigenvalue weighted by Gasteiger charge is -2.09. The van der Waals surface area contributed by atoms with Gasteiger partial charge in [0.05, 0.1) is 17.8 Å². The first kappa shape index (κ1) is 20.7. The van der Waals surface area contributed by atoms with Gasteiger partial charge in [0.2, 0.25) is 0 Å². The number of halogens is 2. The number of carbonyl (C=O) groups excluding carboxylic acids is 1. The van der Waals surface area contributed by atoms with Gasteiger partial charge in [-0.2, -0.15) is 10.4 Å². The minimum atomic E-state index is -0.401.